The molecule has 14 nitrogen and oxygen atoms in total. The highest BCUT2D eigenvalue weighted by molar-refractivity contribution is 5.82. The molecule has 1 unspecified atom stereocenters. The molecule has 0 saturated carbocycles. The lowest BCUT2D eigenvalue weighted by atomic mass is 9.66. The summed E-state index contributed by atoms with van der Waals surface area (Å²) in [6.07, 6.45) is 49.8. The van der Waals surface area contributed by atoms with E-state index in [0.717, 1.165) is 44.1 Å². The third kappa shape index (κ3) is 28.8. The number of hydrogen-bond acceptors (Lipinski definition) is 10. The van der Waals surface area contributed by atoms with Gasteiger partial charge in [-0.25, -0.2) is 4.79 Å². The van der Waals surface area contributed by atoms with Crippen LogP contribution in [-0.2, 0) is 31.1 Å². The molecule has 4 atom stereocenters. The molecule has 4 aromatic carbocycles. The SMILES string of the molecule is CCCCCCCCCCCCCCCCCCCCCCOc1cc(CC(CC(=O)O)(C(=O)O)[C@H]2C[C@H](n3cc(C)c(=O)[nH]c3=O)O[C@@H]2COC(c2ccccc2)(c2ccc(OC)cc2)c2ccc(OC)cc2)cc(OCCCCCCCCCCCCCCCCCCCCCC)c1. The topological polar surface area (TPSA) is 185 Å². The summed E-state index contributed by atoms with van der Waals surface area (Å²) in [7, 11) is 3.19. The number of rotatable bonds is 59. The fourth-order valence-electron chi connectivity index (χ4n) is 15.0. The molecular formula is C86H130N2O12. The van der Waals surface area contributed by atoms with Crippen molar-refractivity contribution in [2.24, 2.45) is 11.3 Å². The molecule has 6 rings (SSSR count). The van der Waals surface area contributed by atoms with Gasteiger partial charge >= 0.3 is 17.6 Å². The van der Waals surface area contributed by atoms with Crippen LogP contribution in [0.5, 0.6) is 23.0 Å². The van der Waals surface area contributed by atoms with Gasteiger partial charge in [0.1, 0.15) is 34.8 Å². The first-order chi connectivity index (χ1) is 48.9. The van der Waals surface area contributed by atoms with Crippen LogP contribution in [0.4, 0.5) is 0 Å². The van der Waals surface area contributed by atoms with Crippen molar-refractivity contribution in [3.05, 3.63) is 152 Å². The van der Waals surface area contributed by atoms with Gasteiger partial charge in [-0.3, -0.25) is 23.9 Å². The summed E-state index contributed by atoms with van der Waals surface area (Å²) in [5.41, 5.74) is -1.79. The molecule has 100 heavy (non-hydrogen) atoms. The van der Waals surface area contributed by atoms with Crippen molar-refractivity contribution in [2.75, 3.05) is 34.0 Å². The number of carbonyl (C=O) groups is 2. The lowest BCUT2D eigenvalue weighted by molar-refractivity contribution is -0.163. The highest BCUT2D eigenvalue weighted by atomic mass is 16.6. The van der Waals surface area contributed by atoms with Crippen molar-refractivity contribution in [3.63, 3.8) is 0 Å². The van der Waals surface area contributed by atoms with E-state index in [4.69, 9.17) is 28.4 Å². The number of nitrogens with zero attached hydrogens (tertiary/aromatic N) is 1. The molecule has 0 amide bonds. The minimum atomic E-state index is -2.06. The Morgan fingerprint density at radius 1 is 0.500 bits per heavy atom. The number of methoxy groups -OCH3 is 2. The standard InChI is InChI=1S/C86H130N2O12/c1-6-8-10-12-14-16-18-20-22-24-26-28-30-32-34-36-38-40-42-47-59-97-76-61-70(62-77(63-76)98-60-48-43-41-39-37-35-33-31-29-27-25-23-21-19-17-15-13-11-9-7-2)65-85(83(92)93,66-81(89)90)78-64-80(88-67-69(3)82(91)87-84(88)94)100-79(78)68-99-86(71-49-45-44-46-50-71,72-51-55-74(95-4)56-52-72)73-53-57-75(96-5)58-54-73/h44-46,49-58,61-63,67,78-80H,6-43,47-48,59-60,64-66,68H2,1-5H3,(H,89,90)(H,92,93)(H,87,91,94)/t78-,79+,80+,85?/m0/s1. The molecule has 0 bridgehead atoms. The smallest absolute Gasteiger partial charge is 0.330 e. The van der Waals surface area contributed by atoms with Gasteiger partial charge in [0.15, 0.2) is 0 Å². The van der Waals surface area contributed by atoms with Crippen molar-refractivity contribution in [1.29, 1.82) is 0 Å². The Morgan fingerprint density at radius 2 is 0.870 bits per heavy atom. The molecule has 556 valence electrons. The summed E-state index contributed by atoms with van der Waals surface area (Å²) in [5.74, 6) is -1.47. The Bertz CT molecular complexity index is 3000. The van der Waals surface area contributed by atoms with Crippen molar-refractivity contribution in [2.45, 2.75) is 315 Å². The lowest BCUT2D eigenvalue weighted by Gasteiger charge is -2.40. The quantitative estimate of drug-likeness (QED) is 0.0248. The second kappa shape index (κ2) is 48.5. The first-order valence-corrected chi connectivity index (χ1v) is 39.7. The highest BCUT2D eigenvalue weighted by Gasteiger charge is 2.56. The Kier molecular flexibility index (Phi) is 40.0. The van der Waals surface area contributed by atoms with E-state index < -0.39 is 58.9 Å². The van der Waals surface area contributed by atoms with E-state index in [1.165, 1.54) is 229 Å². The summed E-state index contributed by atoms with van der Waals surface area (Å²) in [4.78, 5) is 57.1. The second-order valence-electron chi connectivity index (χ2n) is 28.9. The van der Waals surface area contributed by atoms with Gasteiger partial charge in [0.2, 0.25) is 0 Å². The average molecular weight is 1380 g/mol. The minimum Gasteiger partial charge on any atom is -0.497 e. The summed E-state index contributed by atoms with van der Waals surface area (Å²) >= 11 is 0. The van der Waals surface area contributed by atoms with Gasteiger partial charge in [-0.05, 0) is 91.3 Å². The van der Waals surface area contributed by atoms with Crippen LogP contribution in [0.2, 0.25) is 0 Å². The number of unbranched alkanes of at least 4 members (excludes halogenated alkanes) is 38. The van der Waals surface area contributed by atoms with Crippen LogP contribution in [0.25, 0.3) is 0 Å². The minimum absolute atomic E-state index is 0.110. The molecule has 1 aliphatic rings. The van der Waals surface area contributed by atoms with Gasteiger partial charge in [-0.15, -0.1) is 0 Å². The number of ether oxygens (including phenoxy) is 6. The Morgan fingerprint density at radius 3 is 1.23 bits per heavy atom. The number of nitrogens with one attached hydrogen (secondary N) is 1. The third-order valence-corrected chi connectivity index (χ3v) is 20.9. The van der Waals surface area contributed by atoms with Gasteiger partial charge in [-0.1, -0.05) is 312 Å². The Hall–Kier alpha value is -6.38. The van der Waals surface area contributed by atoms with Gasteiger partial charge in [-0.2, -0.15) is 0 Å². The van der Waals surface area contributed by atoms with Gasteiger partial charge in [0, 0.05) is 23.7 Å². The van der Waals surface area contributed by atoms with E-state index in [1.807, 2.05) is 97.1 Å². The number of carboxylic acid groups (broad SMARTS) is 2. The van der Waals surface area contributed by atoms with E-state index in [9.17, 15) is 29.4 Å². The monoisotopic (exact) mass is 1380 g/mol. The van der Waals surface area contributed by atoms with Crippen LogP contribution in [0.3, 0.4) is 0 Å². The predicted octanol–water partition coefficient (Wildman–Crippen LogP) is 22.0. The molecule has 0 aliphatic carbocycles. The Balaban J connectivity index is 1.15. The first-order valence-electron chi connectivity index (χ1n) is 39.7. The van der Waals surface area contributed by atoms with E-state index in [-0.39, 0.29) is 25.0 Å². The lowest BCUT2D eigenvalue weighted by Crippen LogP contribution is -2.48. The second-order valence-corrected chi connectivity index (χ2v) is 28.9. The number of carboxylic acids is 2. The zero-order valence-electron chi connectivity index (χ0n) is 62.5. The fraction of sp³-hybridized carbons (Fsp3) is 0.651. The molecule has 2 heterocycles. The molecule has 1 fully saturated rings. The van der Waals surface area contributed by atoms with Crippen LogP contribution in [0, 0.1) is 18.3 Å². The number of H-pyrrole nitrogens is 1. The van der Waals surface area contributed by atoms with Crippen LogP contribution < -0.4 is 30.2 Å². The van der Waals surface area contributed by atoms with Gasteiger partial charge in [0.25, 0.3) is 5.56 Å². The average Bonchev–Trinajstić information content (AvgIpc) is 1.25. The summed E-state index contributed by atoms with van der Waals surface area (Å²) in [5, 5.41) is 22.9. The molecule has 0 spiro atoms. The van der Waals surface area contributed by atoms with Crippen molar-refractivity contribution >= 4 is 11.9 Å². The zero-order valence-corrected chi connectivity index (χ0v) is 62.5. The summed E-state index contributed by atoms with van der Waals surface area (Å²) in [6.45, 7) is 6.78. The van der Waals surface area contributed by atoms with E-state index in [0.29, 0.717) is 52.9 Å². The van der Waals surface area contributed by atoms with Crippen LogP contribution in [0.15, 0.2) is 113 Å². The number of aromatic amines is 1. The normalized spacial score (nSPS) is 15.2. The van der Waals surface area contributed by atoms with Gasteiger partial charge in [0.05, 0.1) is 52.0 Å². The van der Waals surface area contributed by atoms with Crippen LogP contribution in [-0.4, -0.2) is 71.8 Å². The predicted molar refractivity (Wildman–Crippen MR) is 406 cm³/mol. The maximum Gasteiger partial charge on any atom is 0.330 e. The molecule has 14 heteroatoms. The van der Waals surface area contributed by atoms with Crippen molar-refractivity contribution in [3.8, 4) is 23.0 Å². The zero-order chi connectivity index (χ0) is 71.3. The van der Waals surface area contributed by atoms with Crippen molar-refractivity contribution in [1.82, 2.24) is 9.55 Å². The fourth-order valence-corrected chi connectivity index (χ4v) is 15.0. The molecule has 1 aromatic heterocycles. The van der Waals surface area contributed by atoms with E-state index in [1.54, 1.807) is 21.1 Å². The molecule has 5 aromatic rings. The van der Waals surface area contributed by atoms with Crippen LogP contribution in [0.1, 0.15) is 318 Å². The molecule has 0 radical (unpaired) electrons. The van der Waals surface area contributed by atoms with E-state index in [2.05, 4.69) is 18.8 Å². The molecular weight excluding hydrogens is 1250 g/mol. The van der Waals surface area contributed by atoms with E-state index >= 15 is 0 Å². The van der Waals surface area contributed by atoms with Crippen LogP contribution >= 0.6 is 0 Å². The number of aromatic nitrogens is 2. The highest BCUT2D eigenvalue weighted by Crippen LogP contribution is 2.51. The molecule has 3 N–H and O–H groups in total. The van der Waals surface area contributed by atoms with Gasteiger partial charge < -0.3 is 38.6 Å². The summed E-state index contributed by atoms with van der Waals surface area (Å²) in [6, 6.07) is 30.2. The molecule has 1 saturated heterocycles. The van der Waals surface area contributed by atoms with Crippen molar-refractivity contribution < 1.29 is 48.2 Å². The maximum atomic E-state index is 14.6. The number of aryl methyl sites for hydroxylation is 1. The number of hydrogen-bond donors (Lipinski definition) is 3. The Labute approximate surface area is 601 Å². The third-order valence-electron chi connectivity index (χ3n) is 20.9. The maximum absolute atomic E-state index is 14.6. The molecule has 1 aliphatic heterocycles. The number of benzene rings is 4. The summed E-state index contributed by atoms with van der Waals surface area (Å²) < 4.78 is 39.9. The number of aliphatic carboxylic acids is 2. The first kappa shape index (κ1) is 82.6. The largest absolute Gasteiger partial charge is 0.497 e.